The van der Waals surface area contributed by atoms with Gasteiger partial charge in [0.25, 0.3) is 10.0 Å². The van der Waals surface area contributed by atoms with E-state index in [2.05, 4.69) is 0 Å². The van der Waals surface area contributed by atoms with Gasteiger partial charge in [0.1, 0.15) is 4.90 Å². The Morgan fingerprint density at radius 1 is 0.875 bits per heavy atom. The van der Waals surface area contributed by atoms with E-state index in [1.54, 1.807) is 25.1 Å². The Balaban J connectivity index is 2.14. The molecule has 1 aliphatic heterocycles. The largest absolute Gasteiger partial charge is 0.268 e. The molecule has 24 heavy (non-hydrogen) atoms. The Morgan fingerprint density at radius 3 is 2.04 bits per heavy atom. The Hall–Kier alpha value is -1.64. The maximum atomic E-state index is 12.9. The van der Waals surface area contributed by atoms with Gasteiger partial charge < -0.3 is 0 Å². The van der Waals surface area contributed by atoms with Gasteiger partial charge in [0.05, 0.1) is 10.6 Å². The number of hydrogen-bond donors (Lipinski definition) is 0. The third-order valence-electron chi connectivity index (χ3n) is 4.29. The molecule has 0 atom stereocenters. The molecule has 6 nitrogen and oxygen atoms in total. The van der Waals surface area contributed by atoms with E-state index in [1.165, 1.54) is 29.4 Å². The van der Waals surface area contributed by atoms with Crippen molar-refractivity contribution in [1.82, 2.24) is 8.28 Å². The fourth-order valence-electron chi connectivity index (χ4n) is 3.11. The molecule has 0 spiro atoms. The minimum absolute atomic E-state index is 0.0707. The molecule has 1 aromatic heterocycles. The van der Waals surface area contributed by atoms with Crippen molar-refractivity contribution >= 4 is 20.0 Å². The lowest BCUT2D eigenvalue weighted by Gasteiger charge is -2.16. The number of rotatable bonds is 4. The summed E-state index contributed by atoms with van der Waals surface area (Å²) in [6.45, 7) is 4.11. The highest BCUT2D eigenvalue weighted by Crippen LogP contribution is 2.29. The van der Waals surface area contributed by atoms with Crippen molar-refractivity contribution in [2.75, 3.05) is 13.1 Å². The smallest absolute Gasteiger partial charge is 0.242 e. The molecular formula is C16H20N2O4S2. The highest BCUT2D eigenvalue weighted by molar-refractivity contribution is 7.90. The monoisotopic (exact) mass is 368 g/mol. The van der Waals surface area contributed by atoms with Crippen LogP contribution in [0.2, 0.25) is 0 Å². The van der Waals surface area contributed by atoms with Crippen molar-refractivity contribution in [3.05, 3.63) is 47.8 Å². The third kappa shape index (κ3) is 2.68. The molecule has 1 saturated heterocycles. The predicted molar refractivity (Wildman–Crippen MR) is 90.9 cm³/mol. The van der Waals surface area contributed by atoms with E-state index in [-0.39, 0.29) is 15.5 Å². The highest BCUT2D eigenvalue weighted by atomic mass is 32.2. The number of benzene rings is 1. The summed E-state index contributed by atoms with van der Waals surface area (Å²) in [6, 6.07) is 9.47. The number of aryl methyl sites for hydroxylation is 1. The molecular weight excluding hydrogens is 348 g/mol. The molecule has 1 aliphatic rings. The Morgan fingerprint density at radius 2 is 1.46 bits per heavy atom. The first kappa shape index (κ1) is 17.2. The van der Waals surface area contributed by atoms with Crippen LogP contribution >= 0.6 is 0 Å². The van der Waals surface area contributed by atoms with E-state index in [0.717, 1.165) is 16.8 Å². The van der Waals surface area contributed by atoms with Gasteiger partial charge in [-0.25, -0.2) is 20.8 Å². The number of sulfonamides is 1. The van der Waals surface area contributed by atoms with Crippen molar-refractivity contribution in [2.24, 2.45) is 0 Å². The molecule has 0 unspecified atom stereocenters. The summed E-state index contributed by atoms with van der Waals surface area (Å²) < 4.78 is 53.9. The predicted octanol–water partition coefficient (Wildman–Crippen LogP) is 2.13. The molecule has 130 valence electrons. The Bertz CT molecular complexity index is 955. The van der Waals surface area contributed by atoms with Crippen molar-refractivity contribution < 1.29 is 16.8 Å². The topological polar surface area (TPSA) is 76.5 Å². The first-order valence-corrected chi connectivity index (χ1v) is 10.6. The fraction of sp³-hybridized carbons (Fsp3) is 0.375. The van der Waals surface area contributed by atoms with Crippen LogP contribution in [0.5, 0.6) is 0 Å². The number of aromatic nitrogens is 1. The summed E-state index contributed by atoms with van der Waals surface area (Å²) in [5.41, 5.74) is 0.609. The van der Waals surface area contributed by atoms with E-state index >= 15 is 0 Å². The van der Waals surface area contributed by atoms with E-state index in [0.29, 0.717) is 18.8 Å². The zero-order valence-electron chi connectivity index (χ0n) is 13.6. The van der Waals surface area contributed by atoms with Crippen LogP contribution in [0.15, 0.2) is 46.2 Å². The Kier molecular flexibility index (Phi) is 4.31. The maximum Gasteiger partial charge on any atom is 0.268 e. The molecule has 0 aliphatic carbocycles. The molecule has 3 rings (SSSR count). The zero-order valence-corrected chi connectivity index (χ0v) is 15.3. The van der Waals surface area contributed by atoms with Gasteiger partial charge in [-0.2, -0.15) is 4.31 Å². The maximum absolute atomic E-state index is 12.9. The molecule has 0 radical (unpaired) electrons. The molecule has 0 amide bonds. The van der Waals surface area contributed by atoms with Gasteiger partial charge in [0.15, 0.2) is 0 Å². The molecule has 0 N–H and O–H groups in total. The van der Waals surface area contributed by atoms with Crippen molar-refractivity contribution in [3.8, 4) is 0 Å². The summed E-state index contributed by atoms with van der Waals surface area (Å²) in [6.07, 6.45) is 1.67. The van der Waals surface area contributed by atoms with Gasteiger partial charge in [0.2, 0.25) is 10.0 Å². The van der Waals surface area contributed by atoms with Gasteiger partial charge in [-0.05, 0) is 44.9 Å². The third-order valence-corrected chi connectivity index (χ3v) is 8.21. The highest BCUT2D eigenvalue weighted by Gasteiger charge is 2.33. The minimum atomic E-state index is -3.83. The van der Waals surface area contributed by atoms with E-state index in [1.807, 2.05) is 0 Å². The molecule has 8 heteroatoms. The van der Waals surface area contributed by atoms with Crippen LogP contribution in [0.25, 0.3) is 0 Å². The van der Waals surface area contributed by atoms with Gasteiger partial charge in [-0.1, -0.05) is 18.2 Å². The van der Waals surface area contributed by atoms with Crippen LogP contribution in [-0.4, -0.2) is 38.2 Å². The molecule has 2 aromatic rings. The quantitative estimate of drug-likeness (QED) is 0.828. The van der Waals surface area contributed by atoms with E-state index in [4.69, 9.17) is 0 Å². The normalized spacial score (nSPS) is 16.6. The van der Waals surface area contributed by atoms with Crippen LogP contribution < -0.4 is 0 Å². The van der Waals surface area contributed by atoms with Gasteiger partial charge in [0, 0.05) is 18.8 Å². The lowest BCUT2D eigenvalue weighted by Crippen LogP contribution is -2.28. The standard InChI is InChI=1S/C16H20N2O4S2/c1-13-12-16(24(21,22)17-10-6-7-11-17)14(2)18(13)23(19,20)15-8-4-3-5-9-15/h3-5,8-9,12H,6-7,10-11H2,1-2H3. The van der Waals surface area contributed by atoms with Crippen LogP contribution in [0, 0.1) is 13.8 Å². The summed E-state index contributed by atoms with van der Waals surface area (Å²) in [5.74, 6) is 0. The zero-order chi connectivity index (χ0) is 17.5. The van der Waals surface area contributed by atoms with Crippen molar-refractivity contribution in [2.45, 2.75) is 36.5 Å². The molecule has 0 bridgehead atoms. The van der Waals surface area contributed by atoms with Crippen LogP contribution in [0.4, 0.5) is 0 Å². The second kappa shape index (κ2) is 6.02. The van der Waals surface area contributed by atoms with Gasteiger partial charge in [-0.15, -0.1) is 0 Å². The molecule has 2 heterocycles. The average Bonchev–Trinajstić information content (AvgIpc) is 3.17. The molecule has 1 aromatic carbocycles. The summed E-state index contributed by atoms with van der Waals surface area (Å²) >= 11 is 0. The van der Waals surface area contributed by atoms with Crippen LogP contribution in [0.1, 0.15) is 24.2 Å². The van der Waals surface area contributed by atoms with Crippen LogP contribution in [0.3, 0.4) is 0 Å². The Labute approximate surface area is 142 Å². The average molecular weight is 368 g/mol. The van der Waals surface area contributed by atoms with Crippen molar-refractivity contribution in [1.29, 1.82) is 0 Å². The van der Waals surface area contributed by atoms with Gasteiger partial charge >= 0.3 is 0 Å². The summed E-state index contributed by atoms with van der Waals surface area (Å²) in [5, 5.41) is 0. The van der Waals surface area contributed by atoms with Gasteiger partial charge in [-0.3, -0.25) is 0 Å². The van der Waals surface area contributed by atoms with E-state index < -0.39 is 20.0 Å². The number of hydrogen-bond acceptors (Lipinski definition) is 4. The van der Waals surface area contributed by atoms with Crippen LogP contribution in [-0.2, 0) is 20.0 Å². The number of nitrogens with zero attached hydrogens (tertiary/aromatic N) is 2. The molecule has 1 fully saturated rings. The second-order valence-corrected chi connectivity index (χ2v) is 9.62. The first-order chi connectivity index (χ1) is 11.3. The van der Waals surface area contributed by atoms with E-state index in [9.17, 15) is 16.8 Å². The summed E-state index contributed by atoms with van der Waals surface area (Å²) in [4.78, 5) is 0.207. The lowest BCUT2D eigenvalue weighted by atomic mass is 10.4. The second-order valence-electron chi connectivity index (χ2n) is 5.93. The SMILES string of the molecule is Cc1cc(S(=O)(=O)N2CCCC2)c(C)n1S(=O)(=O)c1ccccc1. The molecule has 0 saturated carbocycles. The summed E-state index contributed by atoms with van der Waals surface area (Å²) in [7, 11) is -7.50. The first-order valence-electron chi connectivity index (χ1n) is 7.76. The fourth-order valence-corrected chi connectivity index (χ4v) is 6.58. The lowest BCUT2D eigenvalue weighted by molar-refractivity contribution is 0.477. The minimum Gasteiger partial charge on any atom is -0.242 e. The van der Waals surface area contributed by atoms with Crippen molar-refractivity contribution in [3.63, 3.8) is 0 Å².